The standard InChI is InChI=1S/C32H86O12Si10/c1-45(2,3)37-49(13,14)41-53(21,42-50(15,16)38-46(4,5)6)27-23-25-35-31(29-33)32(30-34)36-26-24-28-54(22,43-51(17,18)39-47(7,8)9)44-52(19,20)40-48(10,11)12/h31-34H,23-30H2,1-22H3/t31-,32+. The van der Waals surface area contributed by atoms with Crippen LogP contribution in [0, 0.1) is 0 Å². The van der Waals surface area contributed by atoms with Crippen LogP contribution in [0.15, 0.2) is 0 Å². The van der Waals surface area contributed by atoms with E-state index in [0.717, 1.165) is 0 Å². The molecule has 0 aromatic rings. The minimum atomic E-state index is -2.78. The van der Waals surface area contributed by atoms with E-state index in [0.29, 0.717) is 38.1 Å². The summed E-state index contributed by atoms with van der Waals surface area (Å²) in [5.41, 5.74) is 0. The molecule has 0 aliphatic heterocycles. The van der Waals surface area contributed by atoms with Gasteiger partial charge in [0.2, 0.25) is 0 Å². The lowest BCUT2D eigenvalue weighted by Gasteiger charge is -2.43. The molecular formula is C32H86O12Si10. The summed E-state index contributed by atoms with van der Waals surface area (Å²) in [6.45, 7) is 47.4. The Morgan fingerprint density at radius 1 is 0.333 bits per heavy atom. The van der Waals surface area contributed by atoms with Gasteiger partial charge in [-0.15, -0.1) is 0 Å². The maximum absolute atomic E-state index is 10.3. The number of aliphatic hydroxyl groups excluding tert-OH is 2. The van der Waals surface area contributed by atoms with E-state index in [4.69, 9.17) is 42.4 Å². The van der Waals surface area contributed by atoms with Crippen molar-refractivity contribution in [2.45, 2.75) is 181 Å². The lowest BCUT2D eigenvalue weighted by atomic mass is 10.2. The van der Waals surface area contributed by atoms with Crippen LogP contribution in [0.25, 0.3) is 0 Å². The summed E-state index contributed by atoms with van der Waals surface area (Å²) >= 11 is 0. The SMILES string of the molecule is C[Si](C)(C)O[Si](C)(C)O[Si](C)(CCCO[C@@H](CO)[C@@H](CO)OCCC[Si](C)(O[Si](C)(C)O[Si](C)(C)C)O[Si](C)(C)O[Si](C)(C)C)O[Si](C)(C)O[Si](C)(C)C. The maximum atomic E-state index is 10.3. The van der Waals surface area contributed by atoms with Gasteiger partial charge in [-0.2, -0.15) is 0 Å². The minimum Gasteiger partial charge on any atom is -0.437 e. The van der Waals surface area contributed by atoms with Gasteiger partial charge < -0.3 is 52.6 Å². The van der Waals surface area contributed by atoms with Crippen molar-refractivity contribution in [3.8, 4) is 0 Å². The second-order valence-electron chi connectivity index (χ2n) is 20.5. The zero-order valence-electron chi connectivity index (χ0n) is 38.8. The number of hydrogen-bond acceptors (Lipinski definition) is 12. The van der Waals surface area contributed by atoms with Gasteiger partial charge in [-0.25, -0.2) is 0 Å². The average Bonchev–Trinajstić information content (AvgIpc) is 2.81. The Labute approximate surface area is 343 Å². The van der Waals surface area contributed by atoms with E-state index in [9.17, 15) is 10.2 Å². The Morgan fingerprint density at radius 3 is 0.704 bits per heavy atom. The van der Waals surface area contributed by atoms with Gasteiger partial charge in [0.15, 0.2) is 33.3 Å². The molecule has 2 atom stereocenters. The summed E-state index contributed by atoms with van der Waals surface area (Å²) in [7, 11) is -22.9. The highest BCUT2D eigenvalue weighted by molar-refractivity contribution is 6.92. The highest BCUT2D eigenvalue weighted by Gasteiger charge is 2.48. The van der Waals surface area contributed by atoms with Crippen LogP contribution in [0.1, 0.15) is 12.8 Å². The Morgan fingerprint density at radius 2 is 0.537 bits per heavy atom. The predicted molar refractivity (Wildman–Crippen MR) is 248 cm³/mol. The van der Waals surface area contributed by atoms with Gasteiger partial charge in [0, 0.05) is 13.2 Å². The van der Waals surface area contributed by atoms with E-state index in [1.54, 1.807) is 0 Å². The molecule has 0 rings (SSSR count). The fourth-order valence-electron chi connectivity index (χ4n) is 7.17. The van der Waals surface area contributed by atoms with Crippen molar-refractivity contribution in [2.24, 2.45) is 0 Å². The summed E-state index contributed by atoms with van der Waals surface area (Å²) in [5.74, 6) is 0. The van der Waals surface area contributed by atoms with Crippen LogP contribution in [-0.4, -0.2) is 133 Å². The normalized spacial score (nSPS) is 16.2. The molecule has 0 radical (unpaired) electrons. The Kier molecular flexibility index (Phi) is 22.1. The van der Waals surface area contributed by atoms with E-state index >= 15 is 0 Å². The molecule has 0 bridgehead atoms. The number of aliphatic hydroxyl groups is 2. The fourth-order valence-corrected chi connectivity index (χ4v) is 53.9. The summed E-state index contributed by atoms with van der Waals surface area (Å²) < 4.78 is 66.2. The van der Waals surface area contributed by atoms with Gasteiger partial charge in [0.25, 0.3) is 0 Å². The van der Waals surface area contributed by atoms with Crippen LogP contribution in [0.3, 0.4) is 0 Å². The highest BCUT2D eigenvalue weighted by Crippen LogP contribution is 2.31. The lowest BCUT2D eigenvalue weighted by Crippen LogP contribution is -2.59. The van der Waals surface area contributed by atoms with Gasteiger partial charge in [0.05, 0.1) is 13.2 Å². The second kappa shape index (κ2) is 21.5. The van der Waals surface area contributed by atoms with Crippen LogP contribution in [0.5, 0.6) is 0 Å². The van der Waals surface area contributed by atoms with Gasteiger partial charge in [-0.1, -0.05) is 0 Å². The molecule has 0 aromatic carbocycles. The van der Waals surface area contributed by atoms with Crippen molar-refractivity contribution in [2.75, 3.05) is 26.4 Å². The first-order valence-corrected chi connectivity index (χ1v) is 49.8. The van der Waals surface area contributed by atoms with Gasteiger partial charge in [-0.3, -0.25) is 0 Å². The van der Waals surface area contributed by atoms with Crippen molar-refractivity contribution >= 4 is 84.6 Å². The number of rotatable bonds is 29. The third kappa shape index (κ3) is 27.4. The first kappa shape index (κ1) is 55.7. The molecule has 2 N–H and O–H groups in total. The second-order valence-corrected chi connectivity index (χ2v) is 60.7. The Hall–Kier alpha value is 1.69. The Bertz CT molecular complexity index is 946. The van der Waals surface area contributed by atoms with E-state index in [1.165, 1.54) is 0 Å². The minimum absolute atomic E-state index is 0.277. The first-order chi connectivity index (χ1) is 23.7. The van der Waals surface area contributed by atoms with E-state index in [-0.39, 0.29) is 13.2 Å². The summed E-state index contributed by atoms with van der Waals surface area (Å²) in [6, 6.07) is 1.36. The third-order valence-corrected chi connectivity index (χ3v) is 42.0. The highest BCUT2D eigenvalue weighted by atomic mass is 28.5. The van der Waals surface area contributed by atoms with Crippen molar-refractivity contribution in [1.29, 1.82) is 0 Å². The topological polar surface area (TPSA) is 133 Å². The number of hydrogen-bond donors (Lipinski definition) is 2. The summed E-state index contributed by atoms with van der Waals surface area (Å²) in [5, 5.41) is 20.6. The molecule has 54 heavy (non-hydrogen) atoms. The quantitative estimate of drug-likeness (QED) is 0.0548. The molecule has 0 heterocycles. The molecule has 0 aliphatic carbocycles. The molecule has 12 nitrogen and oxygen atoms in total. The molecule has 0 fully saturated rings. The molecule has 0 saturated carbocycles. The zero-order valence-corrected chi connectivity index (χ0v) is 48.8. The monoisotopic (exact) mass is 942 g/mol. The smallest absolute Gasteiger partial charge is 0.317 e. The summed E-state index contributed by atoms with van der Waals surface area (Å²) in [6.07, 6.45) is -0.0567. The Balaban J connectivity index is 5.72. The van der Waals surface area contributed by atoms with Crippen molar-refractivity contribution in [1.82, 2.24) is 0 Å². The average molecular weight is 944 g/mol. The van der Waals surface area contributed by atoms with Crippen molar-refractivity contribution < 1.29 is 52.6 Å². The fraction of sp³-hybridized carbons (Fsp3) is 1.00. The van der Waals surface area contributed by atoms with E-state index in [2.05, 4.69) is 144 Å². The predicted octanol–water partition coefficient (Wildman–Crippen LogP) is 8.95. The maximum Gasteiger partial charge on any atom is 0.317 e. The van der Waals surface area contributed by atoms with Crippen LogP contribution >= 0.6 is 0 Å². The van der Waals surface area contributed by atoms with Crippen LogP contribution in [0.2, 0.25) is 156 Å². The van der Waals surface area contributed by atoms with Gasteiger partial charge in [0.1, 0.15) is 12.2 Å². The van der Waals surface area contributed by atoms with Crippen LogP contribution in [-0.2, 0) is 42.4 Å². The largest absolute Gasteiger partial charge is 0.437 e. The molecule has 22 heteroatoms. The zero-order chi connectivity index (χ0) is 42.9. The lowest BCUT2D eigenvalue weighted by molar-refractivity contribution is -0.109. The van der Waals surface area contributed by atoms with Gasteiger partial charge >= 0.3 is 51.4 Å². The molecule has 0 spiro atoms. The van der Waals surface area contributed by atoms with Crippen molar-refractivity contribution in [3.63, 3.8) is 0 Å². The van der Waals surface area contributed by atoms with Gasteiger partial charge in [-0.05, 0) is 169 Å². The third-order valence-electron chi connectivity index (χ3n) is 7.04. The van der Waals surface area contributed by atoms with Crippen LogP contribution in [0.4, 0.5) is 0 Å². The van der Waals surface area contributed by atoms with E-state index in [1.807, 2.05) is 0 Å². The molecule has 0 unspecified atom stereocenters. The van der Waals surface area contributed by atoms with Crippen molar-refractivity contribution in [3.05, 3.63) is 0 Å². The molecule has 326 valence electrons. The molecule has 0 amide bonds. The van der Waals surface area contributed by atoms with Crippen LogP contribution < -0.4 is 0 Å². The molecule has 0 aromatic heterocycles. The molecule has 0 saturated heterocycles. The van der Waals surface area contributed by atoms with E-state index < -0.39 is 96.8 Å². The molecule has 0 aliphatic rings. The first-order valence-electron chi connectivity index (χ1n) is 19.8. The number of ether oxygens (including phenoxy) is 2. The summed E-state index contributed by atoms with van der Waals surface area (Å²) in [4.78, 5) is 0. The molecular weight excluding hydrogens is 857 g/mol.